The van der Waals surface area contributed by atoms with E-state index in [-0.39, 0.29) is 5.56 Å². The van der Waals surface area contributed by atoms with Crippen molar-refractivity contribution in [2.45, 2.75) is 31.7 Å². The van der Waals surface area contributed by atoms with Crippen molar-refractivity contribution >= 4 is 5.91 Å². The van der Waals surface area contributed by atoms with Crippen LogP contribution in [0.15, 0.2) is 18.2 Å². The molecule has 1 unspecified atom stereocenters. The fourth-order valence-electron chi connectivity index (χ4n) is 2.30. The normalized spacial score (nSPS) is 19.2. The minimum atomic E-state index is -0.826. The lowest BCUT2D eigenvalue weighted by molar-refractivity contribution is 0.0947. The van der Waals surface area contributed by atoms with E-state index in [9.17, 15) is 13.6 Å². The van der Waals surface area contributed by atoms with Crippen LogP contribution in [-0.2, 0) is 0 Å². The monoisotopic (exact) mass is 268 g/mol. The van der Waals surface area contributed by atoms with E-state index >= 15 is 0 Å². The summed E-state index contributed by atoms with van der Waals surface area (Å²) in [6, 6.07) is 3.39. The number of piperidine rings is 1. The minimum absolute atomic E-state index is 0.113. The van der Waals surface area contributed by atoms with E-state index in [0.717, 1.165) is 31.5 Å². The maximum Gasteiger partial charge on any atom is 0.254 e. The number of rotatable bonds is 4. The van der Waals surface area contributed by atoms with E-state index in [1.54, 1.807) is 0 Å². The van der Waals surface area contributed by atoms with Gasteiger partial charge in [-0.3, -0.25) is 4.79 Å². The first kappa shape index (κ1) is 13.9. The highest BCUT2D eigenvalue weighted by Gasteiger charge is 2.14. The molecule has 1 fully saturated rings. The molecular formula is C14H18F2N2O. The van der Waals surface area contributed by atoms with Crippen LogP contribution in [0.25, 0.3) is 0 Å². The highest BCUT2D eigenvalue weighted by atomic mass is 19.1. The lowest BCUT2D eigenvalue weighted by Crippen LogP contribution is -2.37. The molecule has 0 bridgehead atoms. The van der Waals surface area contributed by atoms with E-state index in [2.05, 4.69) is 10.6 Å². The van der Waals surface area contributed by atoms with Crippen LogP contribution in [-0.4, -0.2) is 25.0 Å². The fraction of sp³-hybridized carbons (Fsp3) is 0.500. The molecule has 19 heavy (non-hydrogen) atoms. The van der Waals surface area contributed by atoms with Gasteiger partial charge >= 0.3 is 0 Å². The van der Waals surface area contributed by atoms with Gasteiger partial charge in [-0.15, -0.1) is 0 Å². The van der Waals surface area contributed by atoms with Crippen molar-refractivity contribution in [1.82, 2.24) is 10.6 Å². The third-order valence-electron chi connectivity index (χ3n) is 3.37. The second-order valence-corrected chi connectivity index (χ2v) is 4.82. The van der Waals surface area contributed by atoms with Crippen molar-refractivity contribution in [2.75, 3.05) is 13.1 Å². The van der Waals surface area contributed by atoms with Gasteiger partial charge in [0.2, 0.25) is 0 Å². The predicted molar refractivity (Wildman–Crippen MR) is 68.9 cm³/mol. The van der Waals surface area contributed by atoms with E-state index in [0.29, 0.717) is 12.6 Å². The van der Waals surface area contributed by atoms with Crippen LogP contribution in [0.4, 0.5) is 8.78 Å². The van der Waals surface area contributed by atoms with Gasteiger partial charge in [0.1, 0.15) is 11.6 Å². The third-order valence-corrected chi connectivity index (χ3v) is 3.37. The molecule has 1 saturated heterocycles. The van der Waals surface area contributed by atoms with Crippen molar-refractivity contribution in [3.8, 4) is 0 Å². The first-order valence-corrected chi connectivity index (χ1v) is 6.63. The second kappa shape index (κ2) is 6.61. The fourth-order valence-corrected chi connectivity index (χ4v) is 2.30. The zero-order chi connectivity index (χ0) is 13.7. The number of halogens is 2. The quantitative estimate of drug-likeness (QED) is 0.879. The number of hydrogen-bond donors (Lipinski definition) is 2. The van der Waals surface area contributed by atoms with E-state index in [1.165, 1.54) is 18.9 Å². The number of hydrogen-bond acceptors (Lipinski definition) is 2. The summed E-state index contributed by atoms with van der Waals surface area (Å²) < 4.78 is 26.1. The number of amides is 1. The van der Waals surface area contributed by atoms with Crippen molar-refractivity contribution < 1.29 is 13.6 Å². The summed E-state index contributed by atoms with van der Waals surface area (Å²) in [7, 11) is 0. The Morgan fingerprint density at radius 3 is 2.89 bits per heavy atom. The maximum atomic E-state index is 13.4. The molecule has 1 aromatic rings. The summed E-state index contributed by atoms with van der Waals surface area (Å²) in [5, 5.41) is 6.04. The molecule has 1 aliphatic rings. The van der Waals surface area contributed by atoms with Crippen LogP contribution in [0.5, 0.6) is 0 Å². The van der Waals surface area contributed by atoms with Gasteiger partial charge in [-0.2, -0.15) is 0 Å². The molecule has 1 aromatic carbocycles. The molecule has 0 saturated carbocycles. The summed E-state index contributed by atoms with van der Waals surface area (Å²) in [6.45, 7) is 1.51. The van der Waals surface area contributed by atoms with Crippen LogP contribution < -0.4 is 10.6 Å². The molecule has 3 nitrogen and oxygen atoms in total. The molecule has 0 aliphatic carbocycles. The Morgan fingerprint density at radius 1 is 1.37 bits per heavy atom. The summed E-state index contributed by atoms with van der Waals surface area (Å²) in [5.74, 6) is -2.00. The SMILES string of the molecule is O=C(NCCC1CCCCN1)c1ccc(F)cc1F. The van der Waals surface area contributed by atoms with Crippen LogP contribution >= 0.6 is 0 Å². The molecule has 2 N–H and O–H groups in total. The zero-order valence-electron chi connectivity index (χ0n) is 10.7. The van der Waals surface area contributed by atoms with Gasteiger partial charge in [-0.05, 0) is 37.9 Å². The number of nitrogens with one attached hydrogen (secondary N) is 2. The summed E-state index contributed by atoms with van der Waals surface area (Å²) in [6.07, 6.45) is 4.34. The van der Waals surface area contributed by atoms with Crippen LogP contribution in [0, 0.1) is 11.6 Å². The van der Waals surface area contributed by atoms with Gasteiger partial charge in [0, 0.05) is 18.7 Å². The Bertz CT molecular complexity index is 445. The van der Waals surface area contributed by atoms with Crippen molar-refractivity contribution in [1.29, 1.82) is 0 Å². The third kappa shape index (κ3) is 3.99. The Balaban J connectivity index is 1.80. The van der Waals surface area contributed by atoms with Crippen LogP contribution in [0.1, 0.15) is 36.0 Å². The van der Waals surface area contributed by atoms with Gasteiger partial charge in [0.05, 0.1) is 5.56 Å². The zero-order valence-corrected chi connectivity index (χ0v) is 10.7. The lowest BCUT2D eigenvalue weighted by Gasteiger charge is -2.23. The van der Waals surface area contributed by atoms with Gasteiger partial charge < -0.3 is 10.6 Å². The Labute approximate surface area is 111 Å². The molecule has 2 rings (SSSR count). The molecule has 0 spiro atoms. The summed E-state index contributed by atoms with van der Waals surface area (Å²) in [5.41, 5.74) is -0.113. The number of carbonyl (C=O) groups excluding carboxylic acids is 1. The first-order chi connectivity index (χ1) is 9.16. The topological polar surface area (TPSA) is 41.1 Å². The highest BCUT2D eigenvalue weighted by molar-refractivity contribution is 5.94. The molecule has 1 aliphatic heterocycles. The first-order valence-electron chi connectivity index (χ1n) is 6.63. The molecule has 1 amide bonds. The standard InChI is InChI=1S/C14H18F2N2O/c15-10-4-5-12(13(16)9-10)14(19)18-8-6-11-3-1-2-7-17-11/h4-5,9,11,17H,1-3,6-8H2,(H,18,19). The Hall–Kier alpha value is -1.49. The average Bonchev–Trinajstić information content (AvgIpc) is 2.39. The van der Waals surface area contributed by atoms with E-state index < -0.39 is 17.5 Å². The Kier molecular flexibility index (Phi) is 4.85. The van der Waals surface area contributed by atoms with Gasteiger partial charge in [-0.25, -0.2) is 8.78 Å². The van der Waals surface area contributed by atoms with Crippen molar-refractivity contribution in [3.05, 3.63) is 35.4 Å². The van der Waals surface area contributed by atoms with Crippen molar-refractivity contribution in [2.24, 2.45) is 0 Å². The lowest BCUT2D eigenvalue weighted by atomic mass is 10.0. The molecule has 1 heterocycles. The smallest absolute Gasteiger partial charge is 0.254 e. The van der Waals surface area contributed by atoms with Gasteiger partial charge in [0.15, 0.2) is 0 Å². The summed E-state index contributed by atoms with van der Waals surface area (Å²) in [4.78, 5) is 11.7. The van der Waals surface area contributed by atoms with Gasteiger partial charge in [-0.1, -0.05) is 6.42 Å². The number of carbonyl (C=O) groups is 1. The largest absolute Gasteiger partial charge is 0.352 e. The van der Waals surface area contributed by atoms with E-state index in [4.69, 9.17) is 0 Å². The molecule has 0 aromatic heterocycles. The van der Waals surface area contributed by atoms with E-state index in [1.807, 2.05) is 0 Å². The average molecular weight is 268 g/mol. The second-order valence-electron chi connectivity index (χ2n) is 4.82. The van der Waals surface area contributed by atoms with Crippen LogP contribution in [0.3, 0.4) is 0 Å². The molecular weight excluding hydrogens is 250 g/mol. The van der Waals surface area contributed by atoms with Crippen LogP contribution in [0.2, 0.25) is 0 Å². The predicted octanol–water partition coefficient (Wildman–Crippen LogP) is 2.23. The minimum Gasteiger partial charge on any atom is -0.352 e. The number of benzene rings is 1. The molecule has 1 atom stereocenters. The summed E-state index contributed by atoms with van der Waals surface area (Å²) >= 11 is 0. The Morgan fingerprint density at radius 2 is 2.21 bits per heavy atom. The molecule has 104 valence electrons. The van der Waals surface area contributed by atoms with Crippen molar-refractivity contribution in [3.63, 3.8) is 0 Å². The maximum absolute atomic E-state index is 13.4. The van der Waals surface area contributed by atoms with Gasteiger partial charge in [0.25, 0.3) is 5.91 Å². The molecule has 0 radical (unpaired) electrons. The molecule has 5 heteroatoms. The highest BCUT2D eigenvalue weighted by Crippen LogP contribution is 2.11.